The highest BCUT2D eigenvalue weighted by atomic mass is 31.2. The molecule has 580 valence electrons. The van der Waals surface area contributed by atoms with E-state index in [-0.39, 0.29) is 38.6 Å². The Balaban J connectivity index is 3.72. The molecular formula is C89H166NO8P. The van der Waals surface area contributed by atoms with Gasteiger partial charge in [0.2, 0.25) is 0 Å². The van der Waals surface area contributed by atoms with Gasteiger partial charge < -0.3 is 20.1 Å². The molecule has 10 heteroatoms. The molecule has 0 rings (SSSR count). The minimum Gasteiger partial charge on any atom is -0.462 e. The van der Waals surface area contributed by atoms with Gasteiger partial charge in [-0.05, 0) is 83.5 Å². The topological polar surface area (TPSA) is 134 Å². The average molecular weight is 1410 g/mol. The number of ether oxygens (including phenoxy) is 2. The SMILES string of the molecule is CC/C=C\C/C=C\C/C=C\C/C=C\C/C=C\CCCCCCCCCCCCCCCCCCCCCCCCCCCC(=O)OC(COC(=O)CCCCCCCCCCCCCCCCCCCCCCCCCCC/C=C\CCCCCCCCCC)COP(=O)(O)OCCN. The van der Waals surface area contributed by atoms with Gasteiger partial charge >= 0.3 is 19.8 Å². The van der Waals surface area contributed by atoms with Crippen LogP contribution in [0.1, 0.15) is 450 Å². The molecule has 0 aromatic rings. The van der Waals surface area contributed by atoms with Crippen LogP contribution in [0.3, 0.4) is 0 Å². The van der Waals surface area contributed by atoms with Gasteiger partial charge in [-0.3, -0.25) is 18.6 Å². The highest BCUT2D eigenvalue weighted by molar-refractivity contribution is 7.47. The van der Waals surface area contributed by atoms with Gasteiger partial charge in [0.15, 0.2) is 6.10 Å². The van der Waals surface area contributed by atoms with E-state index in [4.69, 9.17) is 24.3 Å². The van der Waals surface area contributed by atoms with Crippen molar-refractivity contribution in [3.63, 3.8) is 0 Å². The van der Waals surface area contributed by atoms with Crippen LogP contribution in [-0.4, -0.2) is 49.3 Å². The maximum absolute atomic E-state index is 12.8. The van der Waals surface area contributed by atoms with E-state index >= 15 is 0 Å². The van der Waals surface area contributed by atoms with E-state index in [9.17, 15) is 19.0 Å². The second kappa shape index (κ2) is 84.4. The summed E-state index contributed by atoms with van der Waals surface area (Å²) in [5.74, 6) is -0.801. The summed E-state index contributed by atoms with van der Waals surface area (Å²) in [6.45, 7) is 3.71. The number of hydrogen-bond acceptors (Lipinski definition) is 8. The Kier molecular flexibility index (Phi) is 82.2. The quantitative estimate of drug-likeness (QED) is 0.0264. The molecule has 0 aliphatic heterocycles. The Morgan fingerprint density at radius 2 is 0.556 bits per heavy atom. The molecular weight excluding hydrogens is 1240 g/mol. The molecule has 0 heterocycles. The van der Waals surface area contributed by atoms with Crippen molar-refractivity contribution < 1.29 is 37.6 Å². The van der Waals surface area contributed by atoms with Crippen molar-refractivity contribution in [1.82, 2.24) is 0 Å². The fraction of sp³-hybridized carbons (Fsp3) is 0.843. The Morgan fingerprint density at radius 1 is 0.313 bits per heavy atom. The first-order valence-electron chi connectivity index (χ1n) is 43.4. The molecule has 0 bridgehead atoms. The summed E-state index contributed by atoms with van der Waals surface area (Å²) in [4.78, 5) is 35.5. The van der Waals surface area contributed by atoms with Crippen molar-refractivity contribution in [1.29, 1.82) is 0 Å². The standard InChI is InChI=1S/C89H166NO8P/c1-3-5-7-9-11-13-15-17-19-21-23-25-27-29-31-33-35-37-39-41-42-43-44-46-48-50-52-54-56-58-60-62-64-66-68-70-72-74-76-78-80-82-89(92)98-87(86-97-99(93,94)96-84-83-90)85-95-88(91)81-79-77-75-73-71-69-67-65-63-61-59-57-55-53-51-49-47-45-40-38-36-34-32-30-28-26-24-22-20-18-16-14-12-10-8-6-4-2/h5,7,11,13,17,19,22-25,29,31,87H,3-4,6,8-10,12,14-16,18,20-21,26-28,30,32-86,90H2,1-2H3,(H,93,94)/b7-5-,13-11-,19-17-,24-22-,25-23-,31-29-. The first-order valence-corrected chi connectivity index (χ1v) is 44.9. The number of carbonyl (C=O) groups is 2. The lowest BCUT2D eigenvalue weighted by molar-refractivity contribution is -0.161. The molecule has 0 spiro atoms. The molecule has 0 aliphatic carbocycles. The predicted molar refractivity (Wildman–Crippen MR) is 432 cm³/mol. The number of esters is 2. The predicted octanol–water partition coefficient (Wildman–Crippen LogP) is 29.4. The van der Waals surface area contributed by atoms with Crippen LogP contribution in [0.5, 0.6) is 0 Å². The largest absolute Gasteiger partial charge is 0.472 e. The van der Waals surface area contributed by atoms with Gasteiger partial charge in [-0.15, -0.1) is 0 Å². The number of unbranched alkanes of at least 4 members (excludes halogenated alkanes) is 58. The van der Waals surface area contributed by atoms with Crippen LogP contribution in [0.15, 0.2) is 72.9 Å². The third-order valence-corrected chi connectivity index (χ3v) is 20.6. The van der Waals surface area contributed by atoms with Crippen LogP contribution in [-0.2, 0) is 32.7 Å². The number of hydrogen-bond donors (Lipinski definition) is 2. The van der Waals surface area contributed by atoms with Gasteiger partial charge in [0.1, 0.15) is 6.61 Å². The molecule has 0 radical (unpaired) electrons. The van der Waals surface area contributed by atoms with E-state index in [1.54, 1.807) is 0 Å². The number of nitrogens with two attached hydrogens (primary N) is 1. The zero-order valence-electron chi connectivity index (χ0n) is 65.7. The van der Waals surface area contributed by atoms with Gasteiger partial charge in [-0.2, -0.15) is 0 Å². The fourth-order valence-corrected chi connectivity index (χ4v) is 14.0. The maximum Gasteiger partial charge on any atom is 0.472 e. The van der Waals surface area contributed by atoms with Crippen LogP contribution < -0.4 is 5.73 Å². The van der Waals surface area contributed by atoms with Crippen molar-refractivity contribution in [3.8, 4) is 0 Å². The van der Waals surface area contributed by atoms with Gasteiger partial charge in [0.05, 0.1) is 13.2 Å². The highest BCUT2D eigenvalue weighted by Crippen LogP contribution is 2.43. The van der Waals surface area contributed by atoms with E-state index in [1.807, 2.05) is 0 Å². The Hall–Kier alpha value is -2.55. The van der Waals surface area contributed by atoms with E-state index in [2.05, 4.69) is 86.8 Å². The summed E-state index contributed by atoms with van der Waals surface area (Å²) in [6, 6.07) is 0. The molecule has 0 fully saturated rings. The summed E-state index contributed by atoms with van der Waals surface area (Å²) < 4.78 is 33.3. The van der Waals surface area contributed by atoms with Crippen LogP contribution >= 0.6 is 7.82 Å². The summed E-state index contributed by atoms with van der Waals surface area (Å²) in [6.07, 6.45) is 114. The van der Waals surface area contributed by atoms with E-state index in [0.29, 0.717) is 6.42 Å². The number of rotatable bonds is 83. The van der Waals surface area contributed by atoms with Gasteiger partial charge in [0.25, 0.3) is 0 Å². The molecule has 0 aromatic carbocycles. The van der Waals surface area contributed by atoms with Crippen molar-refractivity contribution in [2.75, 3.05) is 26.4 Å². The minimum absolute atomic E-state index is 0.0557. The lowest BCUT2D eigenvalue weighted by atomic mass is 10.0. The second-order valence-electron chi connectivity index (χ2n) is 29.4. The summed E-state index contributed by atoms with van der Waals surface area (Å²) >= 11 is 0. The van der Waals surface area contributed by atoms with Crippen LogP contribution in [0.2, 0.25) is 0 Å². The lowest BCUT2D eigenvalue weighted by Crippen LogP contribution is -2.29. The van der Waals surface area contributed by atoms with E-state index in [0.717, 1.165) is 64.2 Å². The number of phosphoric ester groups is 1. The second-order valence-corrected chi connectivity index (χ2v) is 30.8. The average Bonchev–Trinajstić information content (AvgIpc) is 1.19. The molecule has 2 atom stereocenters. The van der Waals surface area contributed by atoms with Gasteiger partial charge in [-0.1, -0.05) is 427 Å². The third kappa shape index (κ3) is 84.3. The molecule has 0 amide bonds. The molecule has 99 heavy (non-hydrogen) atoms. The Labute approximate surface area is 615 Å². The molecule has 0 aromatic heterocycles. The smallest absolute Gasteiger partial charge is 0.462 e. The van der Waals surface area contributed by atoms with Crippen molar-refractivity contribution >= 4 is 19.8 Å². The van der Waals surface area contributed by atoms with Crippen molar-refractivity contribution in [2.24, 2.45) is 5.73 Å². The molecule has 0 aliphatic rings. The maximum atomic E-state index is 12.8. The first-order chi connectivity index (χ1) is 48.8. The third-order valence-electron chi connectivity index (χ3n) is 19.6. The monoisotopic (exact) mass is 1410 g/mol. The molecule has 2 unspecified atom stereocenters. The molecule has 9 nitrogen and oxygen atoms in total. The van der Waals surface area contributed by atoms with E-state index < -0.39 is 26.5 Å². The summed E-state index contributed by atoms with van der Waals surface area (Å²) in [7, 11) is -4.40. The van der Waals surface area contributed by atoms with Gasteiger partial charge in [-0.25, -0.2) is 4.57 Å². The summed E-state index contributed by atoms with van der Waals surface area (Å²) in [5, 5.41) is 0. The molecule has 0 saturated heterocycles. The lowest BCUT2D eigenvalue weighted by Gasteiger charge is -2.19. The van der Waals surface area contributed by atoms with Crippen LogP contribution in [0.25, 0.3) is 0 Å². The van der Waals surface area contributed by atoms with Gasteiger partial charge in [0, 0.05) is 19.4 Å². The number of phosphoric acid groups is 1. The Morgan fingerprint density at radius 3 is 0.838 bits per heavy atom. The zero-order chi connectivity index (χ0) is 71.5. The highest BCUT2D eigenvalue weighted by Gasteiger charge is 2.26. The van der Waals surface area contributed by atoms with E-state index in [1.165, 1.54) is 353 Å². The summed E-state index contributed by atoms with van der Waals surface area (Å²) in [5.41, 5.74) is 5.42. The fourth-order valence-electron chi connectivity index (χ4n) is 13.2. The molecule has 0 saturated carbocycles. The van der Waals surface area contributed by atoms with Crippen LogP contribution in [0, 0.1) is 0 Å². The zero-order valence-corrected chi connectivity index (χ0v) is 66.6. The Bertz CT molecular complexity index is 1860. The molecule has 3 N–H and O–H groups in total. The van der Waals surface area contributed by atoms with Crippen LogP contribution in [0.4, 0.5) is 0 Å². The van der Waals surface area contributed by atoms with Crippen molar-refractivity contribution in [3.05, 3.63) is 72.9 Å². The first kappa shape index (κ1) is 96.4. The van der Waals surface area contributed by atoms with Crippen molar-refractivity contribution in [2.45, 2.75) is 457 Å². The normalized spacial score (nSPS) is 13.1. The minimum atomic E-state index is -4.40. The number of allylic oxidation sites excluding steroid dienone is 12. The number of carbonyl (C=O) groups excluding carboxylic acids is 2.